The molecule has 2 aromatic rings. The molecule has 1 aromatic carbocycles. The SMILES string of the molecule is CCNC(=NCCCCn1ccccc1=O)NCCc1cccc(C(=O)N(C)C)c1. The Labute approximate surface area is 178 Å². The maximum atomic E-state index is 12.1. The average Bonchev–Trinajstić information content (AvgIpc) is 2.74. The number of aryl methyl sites for hydroxylation is 1. The highest BCUT2D eigenvalue weighted by molar-refractivity contribution is 5.94. The number of benzene rings is 1. The van der Waals surface area contributed by atoms with E-state index < -0.39 is 0 Å². The lowest BCUT2D eigenvalue weighted by Crippen LogP contribution is -2.38. The Morgan fingerprint density at radius 1 is 1.10 bits per heavy atom. The highest BCUT2D eigenvalue weighted by Crippen LogP contribution is 2.07. The van der Waals surface area contributed by atoms with Gasteiger partial charge in [-0.2, -0.15) is 0 Å². The van der Waals surface area contributed by atoms with Gasteiger partial charge in [0, 0.05) is 58.1 Å². The molecule has 0 saturated heterocycles. The van der Waals surface area contributed by atoms with E-state index in [1.54, 1.807) is 35.7 Å². The maximum absolute atomic E-state index is 12.1. The number of hydrogen-bond acceptors (Lipinski definition) is 3. The van der Waals surface area contributed by atoms with Crippen molar-refractivity contribution in [2.75, 3.05) is 33.7 Å². The molecular formula is C23H33N5O2. The van der Waals surface area contributed by atoms with Crippen LogP contribution in [0.2, 0.25) is 0 Å². The van der Waals surface area contributed by atoms with E-state index in [1.807, 2.05) is 43.5 Å². The Balaban J connectivity index is 1.78. The van der Waals surface area contributed by atoms with Crippen molar-refractivity contribution in [1.82, 2.24) is 20.1 Å². The van der Waals surface area contributed by atoms with Gasteiger partial charge in [0.15, 0.2) is 5.96 Å². The lowest BCUT2D eigenvalue weighted by molar-refractivity contribution is 0.0827. The smallest absolute Gasteiger partial charge is 0.253 e. The zero-order chi connectivity index (χ0) is 21.8. The van der Waals surface area contributed by atoms with Crippen molar-refractivity contribution in [2.45, 2.75) is 32.7 Å². The van der Waals surface area contributed by atoms with E-state index in [-0.39, 0.29) is 11.5 Å². The van der Waals surface area contributed by atoms with Crippen molar-refractivity contribution in [3.8, 4) is 0 Å². The van der Waals surface area contributed by atoms with Crippen LogP contribution in [0.25, 0.3) is 0 Å². The number of nitrogens with zero attached hydrogens (tertiary/aromatic N) is 3. The van der Waals surface area contributed by atoms with Gasteiger partial charge in [0.05, 0.1) is 0 Å². The van der Waals surface area contributed by atoms with E-state index >= 15 is 0 Å². The van der Waals surface area contributed by atoms with Crippen molar-refractivity contribution in [1.29, 1.82) is 0 Å². The molecule has 7 heteroatoms. The second kappa shape index (κ2) is 12.5. The average molecular weight is 412 g/mol. The molecule has 0 saturated carbocycles. The maximum Gasteiger partial charge on any atom is 0.253 e. The van der Waals surface area contributed by atoms with Crippen LogP contribution in [0.5, 0.6) is 0 Å². The minimum Gasteiger partial charge on any atom is -0.357 e. The monoisotopic (exact) mass is 411 g/mol. The molecule has 0 radical (unpaired) electrons. The first kappa shape index (κ1) is 23.2. The first-order chi connectivity index (χ1) is 14.5. The van der Waals surface area contributed by atoms with Crippen molar-refractivity contribution < 1.29 is 4.79 Å². The summed E-state index contributed by atoms with van der Waals surface area (Å²) in [5.41, 5.74) is 1.85. The molecule has 2 N–H and O–H groups in total. The van der Waals surface area contributed by atoms with Crippen molar-refractivity contribution in [3.63, 3.8) is 0 Å². The largest absolute Gasteiger partial charge is 0.357 e. The van der Waals surface area contributed by atoms with Gasteiger partial charge in [0.2, 0.25) is 5.56 Å². The molecule has 162 valence electrons. The second-order valence-corrected chi connectivity index (χ2v) is 7.28. The second-order valence-electron chi connectivity index (χ2n) is 7.28. The molecule has 1 heterocycles. The molecule has 0 bridgehead atoms. The van der Waals surface area contributed by atoms with Crippen LogP contribution < -0.4 is 16.2 Å². The summed E-state index contributed by atoms with van der Waals surface area (Å²) >= 11 is 0. The number of hydrogen-bond donors (Lipinski definition) is 2. The lowest BCUT2D eigenvalue weighted by Gasteiger charge is -2.13. The number of aliphatic imine (C=N–C) groups is 1. The Kier molecular flexibility index (Phi) is 9.64. The van der Waals surface area contributed by atoms with Crippen molar-refractivity contribution in [2.24, 2.45) is 4.99 Å². The quantitative estimate of drug-likeness (QED) is 0.357. The predicted molar refractivity (Wildman–Crippen MR) is 122 cm³/mol. The Bertz CT molecular complexity index is 889. The van der Waals surface area contributed by atoms with Gasteiger partial charge in [-0.15, -0.1) is 0 Å². The highest BCUT2D eigenvalue weighted by atomic mass is 16.2. The summed E-state index contributed by atoms with van der Waals surface area (Å²) in [7, 11) is 3.52. The number of amides is 1. The number of pyridine rings is 1. The summed E-state index contributed by atoms with van der Waals surface area (Å²) in [6, 6.07) is 12.9. The van der Waals surface area contributed by atoms with Crippen molar-refractivity contribution >= 4 is 11.9 Å². The first-order valence-corrected chi connectivity index (χ1v) is 10.5. The van der Waals surface area contributed by atoms with Gasteiger partial charge in [-0.1, -0.05) is 18.2 Å². The molecule has 1 aromatic heterocycles. The molecule has 7 nitrogen and oxygen atoms in total. The summed E-state index contributed by atoms with van der Waals surface area (Å²) in [4.78, 5) is 30.0. The zero-order valence-corrected chi connectivity index (χ0v) is 18.2. The third-order valence-corrected chi connectivity index (χ3v) is 4.61. The van der Waals surface area contributed by atoms with Crippen LogP contribution in [0, 0.1) is 0 Å². The van der Waals surface area contributed by atoms with Crippen LogP contribution >= 0.6 is 0 Å². The summed E-state index contributed by atoms with van der Waals surface area (Å²) in [6.45, 7) is 4.96. The fourth-order valence-corrected chi connectivity index (χ4v) is 3.02. The summed E-state index contributed by atoms with van der Waals surface area (Å²) in [6.07, 6.45) is 4.43. The van der Waals surface area contributed by atoms with Crippen molar-refractivity contribution in [3.05, 3.63) is 70.1 Å². The molecule has 2 rings (SSSR count). The minimum atomic E-state index is 0.0116. The minimum absolute atomic E-state index is 0.0116. The molecule has 0 fully saturated rings. The van der Waals surface area contributed by atoms with E-state index in [2.05, 4.69) is 15.6 Å². The van der Waals surface area contributed by atoms with Gasteiger partial charge in [-0.3, -0.25) is 14.6 Å². The molecular weight excluding hydrogens is 378 g/mol. The third-order valence-electron chi connectivity index (χ3n) is 4.61. The van der Waals surface area contributed by atoms with Crippen LogP contribution in [-0.2, 0) is 13.0 Å². The number of unbranched alkanes of at least 4 members (excludes halogenated alkanes) is 1. The van der Waals surface area contributed by atoms with Gasteiger partial charge in [-0.25, -0.2) is 0 Å². The topological polar surface area (TPSA) is 78.7 Å². The fourth-order valence-electron chi connectivity index (χ4n) is 3.02. The predicted octanol–water partition coefficient (Wildman–Crippen LogP) is 2.13. The van der Waals surface area contributed by atoms with E-state index in [0.29, 0.717) is 18.7 Å². The Hall–Kier alpha value is -3.09. The summed E-state index contributed by atoms with van der Waals surface area (Å²) < 4.78 is 1.72. The van der Waals surface area contributed by atoms with Gasteiger partial charge >= 0.3 is 0 Å². The fraction of sp³-hybridized carbons (Fsp3) is 0.435. The number of carbonyl (C=O) groups excluding carboxylic acids is 1. The molecule has 0 spiro atoms. The number of guanidine groups is 1. The van der Waals surface area contributed by atoms with Gasteiger partial charge < -0.3 is 20.1 Å². The Morgan fingerprint density at radius 3 is 2.67 bits per heavy atom. The number of carbonyl (C=O) groups is 1. The van der Waals surface area contributed by atoms with Gasteiger partial charge in [0.25, 0.3) is 5.91 Å². The molecule has 0 aliphatic carbocycles. The van der Waals surface area contributed by atoms with Crippen LogP contribution in [0.3, 0.4) is 0 Å². The number of nitrogens with one attached hydrogen (secondary N) is 2. The van der Waals surface area contributed by atoms with E-state index in [9.17, 15) is 9.59 Å². The number of rotatable bonds is 10. The van der Waals surface area contributed by atoms with Crippen LogP contribution in [0.4, 0.5) is 0 Å². The highest BCUT2D eigenvalue weighted by Gasteiger charge is 2.08. The van der Waals surface area contributed by atoms with Crippen LogP contribution in [0.15, 0.2) is 58.4 Å². The molecule has 0 atom stereocenters. The Morgan fingerprint density at radius 2 is 1.93 bits per heavy atom. The van der Waals surface area contributed by atoms with Gasteiger partial charge in [0.1, 0.15) is 0 Å². The lowest BCUT2D eigenvalue weighted by atomic mass is 10.1. The normalized spacial score (nSPS) is 11.2. The summed E-state index contributed by atoms with van der Waals surface area (Å²) in [5.74, 6) is 0.798. The van der Waals surface area contributed by atoms with Crippen LogP contribution in [-0.4, -0.2) is 55.1 Å². The first-order valence-electron chi connectivity index (χ1n) is 10.5. The number of aromatic nitrogens is 1. The standard InChI is InChI=1S/C23H33N5O2/c1-4-24-23(25-14-6-8-17-28-16-7-5-12-21(28)29)26-15-13-19-10-9-11-20(18-19)22(30)27(2)3/h5,7,9-12,16,18H,4,6,8,13-15,17H2,1-3H3,(H2,24,25,26). The van der Waals surface area contributed by atoms with Gasteiger partial charge in [-0.05, 0) is 49.9 Å². The van der Waals surface area contributed by atoms with E-state index in [0.717, 1.165) is 43.9 Å². The molecule has 0 aliphatic heterocycles. The summed E-state index contributed by atoms with van der Waals surface area (Å²) in [5, 5.41) is 6.60. The van der Waals surface area contributed by atoms with Crippen LogP contribution in [0.1, 0.15) is 35.7 Å². The van der Waals surface area contributed by atoms with E-state index in [4.69, 9.17) is 0 Å². The van der Waals surface area contributed by atoms with E-state index in [1.165, 1.54) is 0 Å². The molecule has 1 amide bonds. The molecule has 0 aliphatic rings. The zero-order valence-electron chi connectivity index (χ0n) is 18.2. The molecule has 30 heavy (non-hydrogen) atoms. The third kappa shape index (κ3) is 7.73. The molecule has 0 unspecified atom stereocenters.